The Balaban J connectivity index is 1.31. The number of esters is 1. The Morgan fingerprint density at radius 1 is 1.12 bits per heavy atom. The Morgan fingerprint density at radius 2 is 1.88 bits per heavy atom. The normalized spacial score (nSPS) is 18.2. The number of carbonyl (C=O) groups excluding carboxylic acids is 1. The molecule has 4 heterocycles. The second-order valence-corrected chi connectivity index (χ2v) is 8.64. The molecule has 2 aliphatic rings. The average Bonchev–Trinajstić information content (AvgIpc) is 3.27. The van der Waals surface area contributed by atoms with Gasteiger partial charge in [0, 0.05) is 66.8 Å². The number of benzene rings is 1. The first-order chi connectivity index (χ1) is 15.7. The number of fused-ring (bicyclic) bond motifs is 1. The maximum atomic E-state index is 11.8. The van der Waals surface area contributed by atoms with E-state index in [0.29, 0.717) is 0 Å². The predicted octanol–water partition coefficient (Wildman–Crippen LogP) is 3.45. The molecule has 32 heavy (non-hydrogen) atoms. The number of anilines is 1. The van der Waals surface area contributed by atoms with Crippen molar-refractivity contribution in [3.8, 4) is 11.3 Å². The molecule has 168 valence electrons. The van der Waals surface area contributed by atoms with Crippen LogP contribution in [0.5, 0.6) is 0 Å². The first-order valence-electron chi connectivity index (χ1n) is 11.4. The van der Waals surface area contributed by atoms with Crippen LogP contribution in [0.25, 0.3) is 22.2 Å². The average molecular weight is 435 g/mol. The smallest absolute Gasteiger partial charge is 0.308 e. The molecule has 0 spiro atoms. The molecule has 7 heteroatoms. The fourth-order valence-corrected chi connectivity index (χ4v) is 4.80. The second-order valence-electron chi connectivity index (χ2n) is 8.64. The van der Waals surface area contributed by atoms with Gasteiger partial charge in [-0.05, 0) is 37.1 Å². The number of rotatable bonds is 5. The van der Waals surface area contributed by atoms with Crippen molar-refractivity contribution in [2.45, 2.75) is 19.4 Å². The van der Waals surface area contributed by atoms with Gasteiger partial charge in [0.15, 0.2) is 0 Å². The van der Waals surface area contributed by atoms with E-state index >= 15 is 0 Å². The van der Waals surface area contributed by atoms with E-state index in [2.05, 4.69) is 45.1 Å². The molecule has 7 nitrogen and oxygen atoms in total. The highest BCUT2D eigenvalue weighted by Crippen LogP contribution is 2.30. The number of carbonyl (C=O) groups is 1. The van der Waals surface area contributed by atoms with E-state index in [1.165, 1.54) is 18.5 Å². The summed E-state index contributed by atoms with van der Waals surface area (Å²) in [5.74, 6) is -0.0590. The van der Waals surface area contributed by atoms with Crippen molar-refractivity contribution in [2.75, 3.05) is 51.4 Å². The van der Waals surface area contributed by atoms with Crippen molar-refractivity contribution in [1.29, 1.82) is 0 Å². The standard InChI is InChI=1S/C25H30N4O3/c1-31-25(30)19-7-10-29(11-8-19)21-4-2-18(3-5-21)24-22-16-20(27-23(22)6-9-26-24)17-28-12-14-32-15-13-28/h2-6,9,16,19,27H,7-8,10-15,17H2,1H3. The molecule has 0 saturated carbocycles. The fraction of sp³-hybridized carbons (Fsp3) is 0.440. The van der Waals surface area contributed by atoms with Crippen molar-refractivity contribution in [2.24, 2.45) is 5.92 Å². The number of morpholine rings is 1. The molecule has 3 aromatic rings. The van der Waals surface area contributed by atoms with E-state index in [1.807, 2.05) is 12.3 Å². The summed E-state index contributed by atoms with van der Waals surface area (Å²) in [6, 6.07) is 12.9. The van der Waals surface area contributed by atoms with Gasteiger partial charge in [-0.15, -0.1) is 0 Å². The van der Waals surface area contributed by atoms with Crippen LogP contribution in [0, 0.1) is 5.92 Å². The van der Waals surface area contributed by atoms with E-state index in [-0.39, 0.29) is 11.9 Å². The Bertz CT molecular complexity index is 1060. The summed E-state index contributed by atoms with van der Waals surface area (Å²) >= 11 is 0. The lowest BCUT2D eigenvalue weighted by molar-refractivity contribution is -0.146. The van der Waals surface area contributed by atoms with E-state index in [4.69, 9.17) is 14.5 Å². The molecule has 2 fully saturated rings. The van der Waals surface area contributed by atoms with Gasteiger partial charge in [0.25, 0.3) is 0 Å². The van der Waals surface area contributed by atoms with Crippen LogP contribution in [0.1, 0.15) is 18.5 Å². The molecule has 0 aliphatic carbocycles. The van der Waals surface area contributed by atoms with Crippen molar-refractivity contribution in [3.05, 3.63) is 48.3 Å². The Labute approximate surface area is 188 Å². The van der Waals surface area contributed by atoms with Gasteiger partial charge >= 0.3 is 5.97 Å². The van der Waals surface area contributed by atoms with Crippen molar-refractivity contribution < 1.29 is 14.3 Å². The molecule has 0 atom stereocenters. The monoisotopic (exact) mass is 434 g/mol. The van der Waals surface area contributed by atoms with E-state index in [9.17, 15) is 4.79 Å². The molecule has 0 radical (unpaired) electrons. The number of methoxy groups -OCH3 is 1. The van der Waals surface area contributed by atoms with Crippen LogP contribution in [-0.2, 0) is 20.8 Å². The van der Waals surface area contributed by atoms with Gasteiger partial charge in [0.05, 0.1) is 31.9 Å². The summed E-state index contributed by atoms with van der Waals surface area (Å²) in [4.78, 5) is 24.8. The molecule has 2 aliphatic heterocycles. The van der Waals surface area contributed by atoms with Crippen LogP contribution >= 0.6 is 0 Å². The summed E-state index contributed by atoms with van der Waals surface area (Å²) in [5, 5.41) is 1.16. The molecule has 0 unspecified atom stereocenters. The highest BCUT2D eigenvalue weighted by atomic mass is 16.5. The highest BCUT2D eigenvalue weighted by Gasteiger charge is 2.25. The first-order valence-corrected chi connectivity index (χ1v) is 11.4. The number of aromatic nitrogens is 2. The third-order valence-electron chi connectivity index (χ3n) is 6.64. The lowest BCUT2D eigenvalue weighted by Gasteiger charge is -2.32. The number of nitrogens with zero attached hydrogens (tertiary/aromatic N) is 3. The molecular formula is C25H30N4O3. The molecular weight excluding hydrogens is 404 g/mol. The number of nitrogens with one attached hydrogen (secondary N) is 1. The number of ether oxygens (including phenoxy) is 2. The summed E-state index contributed by atoms with van der Waals surface area (Å²) < 4.78 is 10.4. The molecule has 0 bridgehead atoms. The van der Waals surface area contributed by atoms with Crippen LogP contribution in [0.4, 0.5) is 5.69 Å². The minimum absolute atomic E-state index is 0.0255. The summed E-state index contributed by atoms with van der Waals surface area (Å²) in [6.45, 7) is 6.19. The minimum Gasteiger partial charge on any atom is -0.469 e. The van der Waals surface area contributed by atoms with E-state index in [1.54, 1.807) is 0 Å². The number of pyridine rings is 1. The Hall–Kier alpha value is -2.90. The van der Waals surface area contributed by atoms with E-state index < -0.39 is 0 Å². The number of piperidine rings is 1. The molecule has 1 aromatic carbocycles. The van der Waals surface area contributed by atoms with Gasteiger partial charge < -0.3 is 19.4 Å². The van der Waals surface area contributed by atoms with Crippen LogP contribution < -0.4 is 4.90 Å². The molecule has 1 N–H and O–H groups in total. The zero-order valence-electron chi connectivity index (χ0n) is 18.5. The Kier molecular flexibility index (Phi) is 6.10. The minimum atomic E-state index is -0.0846. The SMILES string of the molecule is COC(=O)C1CCN(c2ccc(-c3nccc4[nH]c(CN5CCOCC5)cc34)cc2)CC1. The molecule has 0 amide bonds. The number of hydrogen-bond acceptors (Lipinski definition) is 6. The van der Waals surface area contributed by atoms with Gasteiger partial charge in [-0.2, -0.15) is 0 Å². The highest BCUT2D eigenvalue weighted by molar-refractivity contribution is 5.93. The second kappa shape index (κ2) is 9.30. The van der Waals surface area contributed by atoms with Crippen molar-refractivity contribution >= 4 is 22.6 Å². The van der Waals surface area contributed by atoms with E-state index in [0.717, 1.165) is 80.9 Å². The lowest BCUT2D eigenvalue weighted by Crippen LogP contribution is -2.36. The third-order valence-corrected chi connectivity index (χ3v) is 6.64. The molecule has 2 saturated heterocycles. The third kappa shape index (κ3) is 4.36. The quantitative estimate of drug-likeness (QED) is 0.621. The number of H-pyrrole nitrogens is 1. The summed E-state index contributed by atoms with van der Waals surface area (Å²) in [5.41, 5.74) is 5.63. The summed E-state index contributed by atoms with van der Waals surface area (Å²) in [7, 11) is 1.47. The lowest BCUT2D eigenvalue weighted by atomic mass is 9.96. The van der Waals surface area contributed by atoms with Gasteiger partial charge in [-0.1, -0.05) is 12.1 Å². The number of hydrogen-bond donors (Lipinski definition) is 1. The van der Waals surface area contributed by atoms with Gasteiger partial charge in [-0.3, -0.25) is 14.7 Å². The fourth-order valence-electron chi connectivity index (χ4n) is 4.80. The zero-order valence-corrected chi connectivity index (χ0v) is 18.5. The summed E-state index contributed by atoms with van der Waals surface area (Å²) in [6.07, 6.45) is 3.55. The van der Waals surface area contributed by atoms with Gasteiger partial charge in [-0.25, -0.2) is 0 Å². The Morgan fingerprint density at radius 3 is 2.59 bits per heavy atom. The van der Waals surface area contributed by atoms with Crippen LogP contribution in [0.15, 0.2) is 42.6 Å². The number of aromatic amines is 1. The predicted molar refractivity (Wildman–Crippen MR) is 125 cm³/mol. The zero-order chi connectivity index (χ0) is 21.9. The van der Waals surface area contributed by atoms with Crippen molar-refractivity contribution in [1.82, 2.24) is 14.9 Å². The van der Waals surface area contributed by atoms with Gasteiger partial charge in [0.1, 0.15) is 0 Å². The van der Waals surface area contributed by atoms with Crippen LogP contribution in [0.3, 0.4) is 0 Å². The largest absolute Gasteiger partial charge is 0.469 e. The van der Waals surface area contributed by atoms with Gasteiger partial charge in [0.2, 0.25) is 0 Å². The maximum Gasteiger partial charge on any atom is 0.308 e. The van der Waals surface area contributed by atoms with Crippen LogP contribution in [-0.4, -0.2) is 67.3 Å². The first kappa shape index (κ1) is 21.0. The van der Waals surface area contributed by atoms with Crippen LogP contribution in [0.2, 0.25) is 0 Å². The molecule has 2 aromatic heterocycles. The topological polar surface area (TPSA) is 70.7 Å². The molecule has 5 rings (SSSR count). The van der Waals surface area contributed by atoms with Crippen molar-refractivity contribution in [3.63, 3.8) is 0 Å². The maximum absolute atomic E-state index is 11.8.